The van der Waals surface area contributed by atoms with Crippen LogP contribution in [-0.4, -0.2) is 19.3 Å². The lowest BCUT2D eigenvalue weighted by Crippen LogP contribution is -2.37. The summed E-state index contributed by atoms with van der Waals surface area (Å²) in [7, 11) is 0. The maximum absolute atomic E-state index is 5.51. The minimum atomic E-state index is -0.156. The molecule has 11 heavy (non-hydrogen) atoms. The lowest BCUT2D eigenvalue weighted by Gasteiger charge is -2.14. The van der Waals surface area contributed by atoms with Crippen molar-refractivity contribution >= 4 is 0 Å². The van der Waals surface area contributed by atoms with Crippen LogP contribution in [0, 0.1) is 5.92 Å². The van der Waals surface area contributed by atoms with Crippen LogP contribution < -0.4 is 16.8 Å². The van der Waals surface area contributed by atoms with Crippen LogP contribution in [0.15, 0.2) is 0 Å². The Balaban J connectivity index is 3.10. The lowest BCUT2D eigenvalue weighted by molar-refractivity contribution is 0.419. The van der Waals surface area contributed by atoms with Crippen molar-refractivity contribution in [2.75, 3.05) is 13.1 Å². The van der Waals surface area contributed by atoms with Gasteiger partial charge in [-0.1, -0.05) is 13.8 Å². The molecule has 3 heteroatoms. The summed E-state index contributed by atoms with van der Waals surface area (Å²) in [4.78, 5) is 0. The van der Waals surface area contributed by atoms with Crippen LogP contribution >= 0.6 is 0 Å². The number of nitrogens with two attached hydrogens (primary N) is 2. The molecular formula is C8H21N3. The maximum Gasteiger partial charge on any atom is 0.0547 e. The molecule has 1 unspecified atom stereocenters. The largest absolute Gasteiger partial charge is 0.317 e. The van der Waals surface area contributed by atoms with Gasteiger partial charge >= 0.3 is 0 Å². The Morgan fingerprint density at radius 2 is 2.00 bits per heavy atom. The summed E-state index contributed by atoms with van der Waals surface area (Å²) in [6.07, 6.45) is 2.13. The highest BCUT2D eigenvalue weighted by atomic mass is 14.9. The van der Waals surface area contributed by atoms with Crippen LogP contribution in [0.3, 0.4) is 0 Å². The zero-order valence-electron chi connectivity index (χ0n) is 7.64. The number of hydrogen-bond donors (Lipinski definition) is 3. The van der Waals surface area contributed by atoms with Crippen molar-refractivity contribution in [3.8, 4) is 0 Å². The van der Waals surface area contributed by atoms with Crippen LogP contribution in [0.2, 0.25) is 0 Å². The van der Waals surface area contributed by atoms with E-state index in [2.05, 4.69) is 19.2 Å². The molecule has 0 saturated carbocycles. The van der Waals surface area contributed by atoms with Crippen LogP contribution in [0.5, 0.6) is 0 Å². The second-order valence-corrected chi connectivity index (χ2v) is 3.05. The van der Waals surface area contributed by atoms with E-state index >= 15 is 0 Å². The zero-order chi connectivity index (χ0) is 8.69. The molecule has 0 amide bonds. The number of hydrogen-bond acceptors (Lipinski definition) is 3. The highest BCUT2D eigenvalue weighted by molar-refractivity contribution is 4.62. The molecule has 0 aliphatic rings. The van der Waals surface area contributed by atoms with Gasteiger partial charge in [0.15, 0.2) is 0 Å². The maximum atomic E-state index is 5.51. The Morgan fingerprint density at radius 1 is 1.36 bits per heavy atom. The molecule has 0 radical (unpaired) electrons. The fourth-order valence-electron chi connectivity index (χ4n) is 0.918. The lowest BCUT2D eigenvalue weighted by atomic mass is 10.0. The Bertz CT molecular complexity index is 83.4. The third-order valence-electron chi connectivity index (χ3n) is 1.92. The first-order chi connectivity index (χ1) is 5.18. The average molecular weight is 159 g/mol. The summed E-state index contributed by atoms with van der Waals surface area (Å²) in [5, 5.41) is 3.26. The van der Waals surface area contributed by atoms with Gasteiger partial charge in [-0.15, -0.1) is 0 Å². The van der Waals surface area contributed by atoms with Crippen LogP contribution in [0.1, 0.15) is 26.7 Å². The molecule has 0 aliphatic carbocycles. The van der Waals surface area contributed by atoms with Gasteiger partial charge in [0.25, 0.3) is 0 Å². The van der Waals surface area contributed by atoms with Crippen LogP contribution in [0.25, 0.3) is 0 Å². The number of nitrogens with one attached hydrogen (secondary N) is 1. The zero-order valence-corrected chi connectivity index (χ0v) is 7.64. The summed E-state index contributed by atoms with van der Waals surface area (Å²) < 4.78 is 0. The predicted octanol–water partition coefficient (Wildman–Crippen LogP) is 0.256. The molecule has 0 aromatic heterocycles. The quantitative estimate of drug-likeness (QED) is 0.385. The van der Waals surface area contributed by atoms with E-state index in [1.807, 2.05) is 0 Å². The average Bonchev–Trinajstić information content (AvgIpc) is 1.97. The third kappa shape index (κ3) is 6.28. The van der Waals surface area contributed by atoms with Crippen molar-refractivity contribution in [3.63, 3.8) is 0 Å². The van der Waals surface area contributed by atoms with E-state index < -0.39 is 0 Å². The first-order valence-corrected chi connectivity index (χ1v) is 4.40. The van der Waals surface area contributed by atoms with Crippen molar-refractivity contribution in [1.29, 1.82) is 0 Å². The molecule has 1 atom stereocenters. The highest BCUT2D eigenvalue weighted by Gasteiger charge is 2.05. The van der Waals surface area contributed by atoms with E-state index in [1.54, 1.807) is 0 Å². The third-order valence-corrected chi connectivity index (χ3v) is 1.92. The van der Waals surface area contributed by atoms with Gasteiger partial charge in [0.05, 0.1) is 6.17 Å². The Hall–Kier alpha value is -0.120. The van der Waals surface area contributed by atoms with E-state index in [0.29, 0.717) is 5.92 Å². The smallest absolute Gasteiger partial charge is 0.0547 e. The molecule has 3 nitrogen and oxygen atoms in total. The van der Waals surface area contributed by atoms with Gasteiger partial charge < -0.3 is 16.8 Å². The monoisotopic (exact) mass is 159 g/mol. The molecule has 68 valence electrons. The molecular weight excluding hydrogens is 138 g/mol. The standard InChI is InChI=1S/C8H21N3/c1-3-11-6-4-5-7(2)8(9)10/h7-8,11H,3-6,9-10H2,1-2H3. The van der Waals surface area contributed by atoms with Crippen molar-refractivity contribution in [2.45, 2.75) is 32.9 Å². The SMILES string of the molecule is CCNCCCC(C)C(N)N. The summed E-state index contributed by atoms with van der Waals surface area (Å²) in [6, 6.07) is 0. The molecule has 0 spiro atoms. The van der Waals surface area contributed by atoms with E-state index in [1.165, 1.54) is 6.42 Å². The van der Waals surface area contributed by atoms with Crippen molar-refractivity contribution in [1.82, 2.24) is 5.32 Å². The van der Waals surface area contributed by atoms with Crippen molar-refractivity contribution in [3.05, 3.63) is 0 Å². The van der Waals surface area contributed by atoms with Crippen LogP contribution in [-0.2, 0) is 0 Å². The van der Waals surface area contributed by atoms with E-state index in [0.717, 1.165) is 19.5 Å². The normalized spacial score (nSPS) is 13.9. The summed E-state index contributed by atoms with van der Waals surface area (Å²) in [5.74, 6) is 0.439. The van der Waals surface area contributed by atoms with Gasteiger partial charge in [0, 0.05) is 0 Å². The molecule has 0 heterocycles. The summed E-state index contributed by atoms with van der Waals surface area (Å²) >= 11 is 0. The molecule has 0 aromatic rings. The second-order valence-electron chi connectivity index (χ2n) is 3.05. The molecule has 5 N–H and O–H groups in total. The van der Waals surface area contributed by atoms with E-state index in [-0.39, 0.29) is 6.17 Å². The topological polar surface area (TPSA) is 64.1 Å². The summed E-state index contributed by atoms with van der Waals surface area (Å²) in [6.45, 7) is 6.32. The van der Waals surface area contributed by atoms with Gasteiger partial charge in [0.1, 0.15) is 0 Å². The molecule has 0 aromatic carbocycles. The fraction of sp³-hybridized carbons (Fsp3) is 1.00. The van der Waals surface area contributed by atoms with Gasteiger partial charge in [-0.25, -0.2) is 0 Å². The predicted molar refractivity (Wildman–Crippen MR) is 49.1 cm³/mol. The first-order valence-electron chi connectivity index (χ1n) is 4.40. The minimum Gasteiger partial charge on any atom is -0.317 e. The van der Waals surface area contributed by atoms with Gasteiger partial charge in [-0.2, -0.15) is 0 Å². The first kappa shape index (κ1) is 10.9. The van der Waals surface area contributed by atoms with Gasteiger partial charge in [-0.05, 0) is 31.8 Å². The highest BCUT2D eigenvalue weighted by Crippen LogP contribution is 2.04. The van der Waals surface area contributed by atoms with Crippen molar-refractivity contribution < 1.29 is 0 Å². The van der Waals surface area contributed by atoms with E-state index in [9.17, 15) is 0 Å². The molecule has 0 fully saturated rings. The van der Waals surface area contributed by atoms with Crippen molar-refractivity contribution in [2.24, 2.45) is 17.4 Å². The molecule has 0 rings (SSSR count). The van der Waals surface area contributed by atoms with Gasteiger partial charge in [0.2, 0.25) is 0 Å². The molecule has 0 aliphatic heterocycles. The molecule has 0 saturated heterocycles. The second kappa shape index (κ2) is 6.58. The summed E-state index contributed by atoms with van der Waals surface area (Å²) in [5.41, 5.74) is 11.0. The Labute approximate surface area is 69.5 Å². The Morgan fingerprint density at radius 3 is 2.45 bits per heavy atom. The Kier molecular flexibility index (Phi) is 6.51. The van der Waals surface area contributed by atoms with Gasteiger partial charge in [-0.3, -0.25) is 0 Å². The molecule has 0 bridgehead atoms. The number of rotatable bonds is 6. The fourth-order valence-corrected chi connectivity index (χ4v) is 0.918. The minimum absolute atomic E-state index is 0.156. The van der Waals surface area contributed by atoms with Crippen LogP contribution in [0.4, 0.5) is 0 Å². The van der Waals surface area contributed by atoms with E-state index in [4.69, 9.17) is 11.5 Å².